The summed E-state index contributed by atoms with van der Waals surface area (Å²) in [5.41, 5.74) is 4.40. The smallest absolute Gasteiger partial charge is 0.231 e. The van der Waals surface area contributed by atoms with Crippen LogP contribution in [0.4, 0.5) is 10.8 Å². The number of carbonyl (C=O) groups is 2. The van der Waals surface area contributed by atoms with Crippen LogP contribution in [-0.4, -0.2) is 33.7 Å². The average Bonchev–Trinajstić information content (AvgIpc) is 3.17. The summed E-state index contributed by atoms with van der Waals surface area (Å²) < 4.78 is 0.693. The Balaban J connectivity index is 1.51. The number of hydrogen-bond acceptors (Lipinski definition) is 7. The van der Waals surface area contributed by atoms with Crippen LogP contribution in [0.15, 0.2) is 52.9 Å². The van der Waals surface area contributed by atoms with Crippen molar-refractivity contribution in [1.82, 2.24) is 15.5 Å². The van der Waals surface area contributed by atoms with E-state index in [-0.39, 0.29) is 17.4 Å². The highest BCUT2D eigenvalue weighted by Crippen LogP contribution is 2.28. The van der Waals surface area contributed by atoms with Crippen molar-refractivity contribution in [1.29, 1.82) is 0 Å². The predicted octanol–water partition coefficient (Wildman–Crippen LogP) is 4.31. The Bertz CT molecular complexity index is 1020. The molecule has 0 spiro atoms. The molecule has 0 radical (unpaired) electrons. The molecule has 1 unspecified atom stereocenters. The SMILES string of the molecule is CC(=O)C(Cc1ccccc1)NC(=O)CSc1nnc(Nc2ccc(C)c(C)c2)s1. The largest absolute Gasteiger partial charge is 0.345 e. The van der Waals surface area contributed by atoms with Crippen molar-refractivity contribution in [3.63, 3.8) is 0 Å². The van der Waals surface area contributed by atoms with E-state index in [0.29, 0.717) is 15.9 Å². The molecule has 0 fully saturated rings. The molecule has 2 N–H and O–H groups in total. The molecule has 3 rings (SSSR count). The maximum absolute atomic E-state index is 12.3. The van der Waals surface area contributed by atoms with Crippen LogP contribution in [-0.2, 0) is 16.0 Å². The molecule has 1 amide bonds. The van der Waals surface area contributed by atoms with Crippen molar-refractivity contribution in [3.05, 3.63) is 65.2 Å². The van der Waals surface area contributed by atoms with Crippen LogP contribution in [0.1, 0.15) is 23.6 Å². The molecule has 3 aromatic rings. The van der Waals surface area contributed by atoms with Crippen LogP contribution in [0.5, 0.6) is 0 Å². The topological polar surface area (TPSA) is 84.0 Å². The summed E-state index contributed by atoms with van der Waals surface area (Å²) in [4.78, 5) is 24.3. The highest BCUT2D eigenvalue weighted by molar-refractivity contribution is 8.01. The first-order chi connectivity index (χ1) is 14.4. The molecule has 0 bridgehead atoms. The van der Waals surface area contributed by atoms with Crippen LogP contribution in [0.2, 0.25) is 0 Å². The lowest BCUT2D eigenvalue weighted by molar-refractivity contribution is -0.125. The highest BCUT2D eigenvalue weighted by atomic mass is 32.2. The summed E-state index contributed by atoms with van der Waals surface area (Å²) in [5.74, 6) is -0.0837. The first-order valence-corrected chi connectivity index (χ1v) is 11.4. The number of carbonyl (C=O) groups excluding carboxylic acids is 2. The standard InChI is InChI=1S/C22H24N4O2S2/c1-14-9-10-18(11-15(14)2)23-21-25-26-22(30-21)29-13-20(28)24-19(16(3)27)12-17-7-5-4-6-8-17/h4-11,19H,12-13H2,1-3H3,(H,23,25)(H,24,28). The van der Waals surface area contributed by atoms with Crippen LogP contribution >= 0.6 is 23.1 Å². The van der Waals surface area contributed by atoms with Gasteiger partial charge in [0, 0.05) is 5.69 Å². The summed E-state index contributed by atoms with van der Waals surface area (Å²) >= 11 is 2.70. The third-order valence-electron chi connectivity index (χ3n) is 4.60. The number of amides is 1. The number of ketones is 1. The first kappa shape index (κ1) is 22.0. The van der Waals surface area contributed by atoms with Gasteiger partial charge in [-0.1, -0.05) is 59.5 Å². The molecule has 2 aromatic carbocycles. The van der Waals surface area contributed by atoms with Gasteiger partial charge in [0.1, 0.15) is 0 Å². The summed E-state index contributed by atoms with van der Waals surface area (Å²) in [6.45, 7) is 5.63. The highest BCUT2D eigenvalue weighted by Gasteiger charge is 2.18. The van der Waals surface area contributed by atoms with Crippen LogP contribution in [0.3, 0.4) is 0 Å². The van der Waals surface area contributed by atoms with Crippen molar-refractivity contribution in [2.45, 2.75) is 37.6 Å². The van der Waals surface area contributed by atoms with Gasteiger partial charge in [-0.05, 0) is 56.0 Å². The molecule has 0 saturated carbocycles. The van der Waals surface area contributed by atoms with Gasteiger partial charge in [-0.2, -0.15) is 0 Å². The monoisotopic (exact) mass is 440 g/mol. The Labute approximate surface area is 184 Å². The maximum atomic E-state index is 12.3. The molecule has 1 heterocycles. The lowest BCUT2D eigenvalue weighted by Gasteiger charge is -2.15. The number of nitrogens with zero attached hydrogens (tertiary/aromatic N) is 2. The predicted molar refractivity (Wildman–Crippen MR) is 123 cm³/mol. The third-order valence-corrected chi connectivity index (χ3v) is 6.57. The van der Waals surface area contributed by atoms with Crippen molar-refractivity contribution < 1.29 is 9.59 Å². The second kappa shape index (κ2) is 10.4. The van der Waals surface area contributed by atoms with E-state index in [1.807, 2.05) is 36.4 Å². The van der Waals surface area contributed by atoms with E-state index < -0.39 is 6.04 Å². The van der Waals surface area contributed by atoms with Crippen molar-refractivity contribution in [2.75, 3.05) is 11.1 Å². The Hall–Kier alpha value is -2.71. The molecule has 1 aromatic heterocycles. The summed E-state index contributed by atoms with van der Waals surface area (Å²) in [5, 5.41) is 15.0. The Morgan fingerprint density at radius 1 is 1.07 bits per heavy atom. The van der Waals surface area contributed by atoms with Crippen molar-refractivity contribution in [2.24, 2.45) is 0 Å². The molecule has 30 heavy (non-hydrogen) atoms. The van der Waals surface area contributed by atoms with Gasteiger partial charge in [-0.25, -0.2) is 0 Å². The fourth-order valence-corrected chi connectivity index (χ4v) is 4.35. The van der Waals surface area contributed by atoms with Crippen LogP contribution < -0.4 is 10.6 Å². The second-order valence-electron chi connectivity index (χ2n) is 7.01. The number of aryl methyl sites for hydroxylation is 2. The molecule has 1 atom stereocenters. The van der Waals surface area contributed by atoms with Gasteiger partial charge in [-0.15, -0.1) is 10.2 Å². The molecule has 0 aliphatic heterocycles. The second-order valence-corrected chi connectivity index (χ2v) is 9.21. The number of Topliss-reactive ketones (excluding diaryl/α,β-unsaturated/α-hetero) is 1. The van der Waals surface area contributed by atoms with Gasteiger partial charge in [0.15, 0.2) is 10.1 Å². The fraction of sp³-hybridized carbons (Fsp3) is 0.273. The zero-order valence-electron chi connectivity index (χ0n) is 17.1. The van der Waals surface area contributed by atoms with Crippen LogP contribution in [0, 0.1) is 13.8 Å². The van der Waals surface area contributed by atoms with Gasteiger partial charge in [0.05, 0.1) is 11.8 Å². The van der Waals surface area contributed by atoms with E-state index in [2.05, 4.69) is 46.8 Å². The molecule has 6 nitrogen and oxygen atoms in total. The Morgan fingerprint density at radius 2 is 1.83 bits per heavy atom. The molecular weight excluding hydrogens is 416 g/mol. The molecule has 0 aliphatic carbocycles. The van der Waals surface area contributed by atoms with E-state index in [9.17, 15) is 9.59 Å². The van der Waals surface area contributed by atoms with Gasteiger partial charge in [-0.3, -0.25) is 9.59 Å². The molecular formula is C22H24N4O2S2. The van der Waals surface area contributed by atoms with E-state index >= 15 is 0 Å². The number of rotatable bonds is 9. The number of benzene rings is 2. The maximum Gasteiger partial charge on any atom is 0.231 e. The van der Waals surface area contributed by atoms with E-state index in [4.69, 9.17) is 0 Å². The minimum atomic E-state index is -0.531. The van der Waals surface area contributed by atoms with Crippen molar-refractivity contribution >= 4 is 45.6 Å². The molecule has 156 valence electrons. The number of anilines is 2. The van der Waals surface area contributed by atoms with E-state index in [0.717, 1.165) is 11.3 Å². The first-order valence-electron chi connectivity index (χ1n) is 9.55. The molecule has 0 aliphatic rings. The Morgan fingerprint density at radius 3 is 2.53 bits per heavy atom. The number of thioether (sulfide) groups is 1. The molecule has 8 heteroatoms. The fourth-order valence-electron chi connectivity index (χ4n) is 2.77. The minimum absolute atomic E-state index is 0.0620. The normalized spacial score (nSPS) is 11.7. The zero-order valence-corrected chi connectivity index (χ0v) is 18.8. The van der Waals surface area contributed by atoms with Gasteiger partial charge in [0.2, 0.25) is 11.0 Å². The minimum Gasteiger partial charge on any atom is -0.345 e. The van der Waals surface area contributed by atoms with Crippen molar-refractivity contribution in [3.8, 4) is 0 Å². The third kappa shape index (κ3) is 6.40. The van der Waals surface area contributed by atoms with Gasteiger partial charge < -0.3 is 10.6 Å². The number of aromatic nitrogens is 2. The van der Waals surface area contributed by atoms with Crippen LogP contribution in [0.25, 0.3) is 0 Å². The number of nitrogens with one attached hydrogen (secondary N) is 2. The number of hydrogen-bond donors (Lipinski definition) is 2. The van der Waals surface area contributed by atoms with Gasteiger partial charge in [0.25, 0.3) is 0 Å². The zero-order chi connectivity index (χ0) is 21.5. The Kier molecular flexibility index (Phi) is 7.59. The lowest BCUT2D eigenvalue weighted by Crippen LogP contribution is -2.42. The summed E-state index contributed by atoms with van der Waals surface area (Å²) in [7, 11) is 0. The quantitative estimate of drug-likeness (QED) is 0.483. The lowest BCUT2D eigenvalue weighted by atomic mass is 10.0. The summed E-state index contributed by atoms with van der Waals surface area (Å²) in [6.07, 6.45) is 0.482. The summed E-state index contributed by atoms with van der Waals surface area (Å²) in [6, 6.07) is 15.2. The van der Waals surface area contributed by atoms with E-state index in [1.54, 1.807) is 0 Å². The van der Waals surface area contributed by atoms with E-state index in [1.165, 1.54) is 41.1 Å². The average molecular weight is 441 g/mol. The van der Waals surface area contributed by atoms with Gasteiger partial charge >= 0.3 is 0 Å². The molecule has 0 saturated heterocycles.